The minimum absolute atomic E-state index is 0.00505. The highest BCUT2D eigenvalue weighted by molar-refractivity contribution is 7.88. The molecule has 0 aromatic carbocycles. The Hall–Kier alpha value is -2.55. The van der Waals surface area contributed by atoms with Crippen LogP contribution in [0.5, 0.6) is 0 Å². The van der Waals surface area contributed by atoms with Gasteiger partial charge in [0.25, 0.3) is 5.56 Å². The highest BCUT2D eigenvalue weighted by Crippen LogP contribution is 2.39. The van der Waals surface area contributed by atoms with Gasteiger partial charge in [0.05, 0.1) is 24.9 Å². The Labute approximate surface area is 250 Å². The van der Waals surface area contributed by atoms with Crippen LogP contribution >= 0.6 is 0 Å². The van der Waals surface area contributed by atoms with Gasteiger partial charge in [-0.1, -0.05) is 20.8 Å². The molecule has 0 bridgehead atoms. The molecule has 14 heteroatoms. The molecule has 2 aromatic rings. The molecule has 3 rings (SSSR count). The molecular weight excluding hydrogens is 576 g/mol. The van der Waals surface area contributed by atoms with Crippen LogP contribution in [-0.4, -0.2) is 84.8 Å². The van der Waals surface area contributed by atoms with Gasteiger partial charge in [-0.05, 0) is 64.7 Å². The Bertz CT molecular complexity index is 1440. The van der Waals surface area contributed by atoms with Gasteiger partial charge in [-0.3, -0.25) is 9.36 Å². The van der Waals surface area contributed by atoms with Crippen molar-refractivity contribution in [2.75, 3.05) is 31.2 Å². The van der Waals surface area contributed by atoms with Crippen molar-refractivity contribution in [3.63, 3.8) is 0 Å². The SMILES string of the molecule is CC(C)(C)OC(=O)NC[C@](C)(Cn1c(=O)ccc2cnc(NC3CCN(S(C)(=O)=O)CC3)nc21)O[Si](C)(C)C(C)(C)C. The second-order valence-electron chi connectivity index (χ2n) is 14.0. The fourth-order valence-corrected chi connectivity index (χ4v) is 7.16. The van der Waals surface area contributed by atoms with Gasteiger partial charge in [0.2, 0.25) is 16.0 Å². The predicted octanol–water partition coefficient (Wildman–Crippen LogP) is 3.93. The van der Waals surface area contributed by atoms with Crippen LogP contribution in [0.25, 0.3) is 11.0 Å². The molecule has 0 saturated carbocycles. The number of sulfonamides is 1. The van der Waals surface area contributed by atoms with E-state index in [9.17, 15) is 18.0 Å². The lowest BCUT2D eigenvalue weighted by Crippen LogP contribution is -2.56. The van der Waals surface area contributed by atoms with E-state index in [1.807, 2.05) is 6.92 Å². The average molecular weight is 625 g/mol. The summed E-state index contributed by atoms with van der Waals surface area (Å²) in [4.78, 5) is 35.1. The van der Waals surface area contributed by atoms with E-state index in [1.165, 1.54) is 16.6 Å². The standard InChI is InChI=1S/C28H48N6O6SSi/c1-26(2,3)39-25(36)30-18-28(7,40-42(9,10)27(4,5)6)19-34-22(35)12-11-20-17-29-24(32-23(20)34)31-21-13-15-33(16-14-21)41(8,37)38/h11-12,17,21H,13-16,18-19H2,1-10H3,(H,30,36)(H,29,31,32)/t28-/m1/s1. The fraction of sp³-hybridized carbons (Fsp3) is 0.714. The Morgan fingerprint density at radius 2 is 1.71 bits per heavy atom. The third-order valence-electron chi connectivity index (χ3n) is 7.79. The molecule has 3 heterocycles. The van der Waals surface area contributed by atoms with Crippen LogP contribution in [0.3, 0.4) is 0 Å². The van der Waals surface area contributed by atoms with E-state index in [-0.39, 0.29) is 29.7 Å². The number of alkyl carbamates (subject to hydrolysis) is 1. The maximum absolute atomic E-state index is 13.3. The summed E-state index contributed by atoms with van der Waals surface area (Å²) in [7, 11) is -5.58. The van der Waals surface area contributed by atoms with Gasteiger partial charge in [0.15, 0.2) is 8.32 Å². The van der Waals surface area contributed by atoms with Crippen molar-refractivity contribution < 1.29 is 22.4 Å². The molecule has 1 amide bonds. The quantitative estimate of drug-likeness (QED) is 0.397. The summed E-state index contributed by atoms with van der Waals surface area (Å²) in [6.07, 6.45) is 3.55. The molecule has 1 aliphatic heterocycles. The summed E-state index contributed by atoms with van der Waals surface area (Å²) < 4.78 is 39.1. The zero-order valence-corrected chi connectivity index (χ0v) is 28.5. The number of fused-ring (bicyclic) bond motifs is 1. The zero-order chi connectivity index (χ0) is 31.7. The predicted molar refractivity (Wildman–Crippen MR) is 168 cm³/mol. The topological polar surface area (TPSA) is 145 Å². The molecule has 2 aromatic heterocycles. The lowest BCUT2D eigenvalue weighted by molar-refractivity contribution is 0.0312. The van der Waals surface area contributed by atoms with Crippen molar-refractivity contribution >= 4 is 41.4 Å². The first kappa shape index (κ1) is 33.9. The number of ether oxygens (including phenoxy) is 1. The largest absolute Gasteiger partial charge is 0.444 e. The van der Waals surface area contributed by atoms with Crippen molar-refractivity contribution in [2.24, 2.45) is 0 Å². The lowest BCUT2D eigenvalue weighted by atomic mass is 10.1. The molecule has 1 aliphatic rings. The number of hydrogen-bond acceptors (Lipinski definition) is 9. The molecule has 1 atom stereocenters. The maximum Gasteiger partial charge on any atom is 0.407 e. The number of nitrogens with one attached hydrogen (secondary N) is 2. The number of anilines is 1. The van der Waals surface area contributed by atoms with Crippen molar-refractivity contribution in [3.8, 4) is 0 Å². The van der Waals surface area contributed by atoms with Gasteiger partial charge in [-0.2, -0.15) is 4.98 Å². The van der Waals surface area contributed by atoms with Crippen LogP contribution in [-0.2, 0) is 25.7 Å². The first-order valence-corrected chi connectivity index (χ1v) is 19.1. The number of carbonyl (C=O) groups excluding carboxylic acids is 1. The van der Waals surface area contributed by atoms with E-state index < -0.39 is 35.6 Å². The van der Waals surface area contributed by atoms with E-state index in [0.29, 0.717) is 42.9 Å². The summed E-state index contributed by atoms with van der Waals surface area (Å²) >= 11 is 0. The number of carbonyl (C=O) groups is 1. The van der Waals surface area contributed by atoms with Gasteiger partial charge in [0, 0.05) is 36.8 Å². The van der Waals surface area contributed by atoms with Crippen molar-refractivity contribution in [3.05, 3.63) is 28.7 Å². The number of pyridine rings is 1. The van der Waals surface area contributed by atoms with Gasteiger partial charge in [-0.25, -0.2) is 22.5 Å². The Balaban J connectivity index is 1.93. The number of aromatic nitrogens is 3. The minimum Gasteiger partial charge on any atom is -0.444 e. The molecule has 1 fully saturated rings. The van der Waals surface area contributed by atoms with Crippen molar-refractivity contribution in [2.45, 2.75) is 103 Å². The number of amides is 1. The molecule has 0 aliphatic carbocycles. The van der Waals surface area contributed by atoms with Crippen LogP contribution in [0, 0.1) is 0 Å². The molecular formula is C28H48N6O6SSi. The van der Waals surface area contributed by atoms with Crippen LogP contribution in [0.2, 0.25) is 18.1 Å². The Morgan fingerprint density at radius 1 is 1.10 bits per heavy atom. The molecule has 42 heavy (non-hydrogen) atoms. The smallest absolute Gasteiger partial charge is 0.407 e. The molecule has 236 valence electrons. The number of piperidine rings is 1. The molecule has 2 N–H and O–H groups in total. The van der Waals surface area contributed by atoms with E-state index in [4.69, 9.17) is 14.1 Å². The summed E-state index contributed by atoms with van der Waals surface area (Å²) in [5.74, 6) is 0.360. The molecule has 1 saturated heterocycles. The minimum atomic E-state index is -3.23. The zero-order valence-electron chi connectivity index (χ0n) is 26.7. The van der Waals surface area contributed by atoms with E-state index in [0.717, 1.165) is 0 Å². The lowest BCUT2D eigenvalue weighted by Gasteiger charge is -2.44. The van der Waals surface area contributed by atoms with E-state index in [1.54, 1.807) is 37.6 Å². The Morgan fingerprint density at radius 3 is 2.26 bits per heavy atom. The van der Waals surface area contributed by atoms with Crippen LogP contribution in [0.1, 0.15) is 61.3 Å². The van der Waals surface area contributed by atoms with Gasteiger partial charge in [0.1, 0.15) is 11.2 Å². The fourth-order valence-electron chi connectivity index (χ4n) is 4.61. The molecule has 0 unspecified atom stereocenters. The number of rotatable bonds is 9. The monoisotopic (exact) mass is 624 g/mol. The first-order valence-electron chi connectivity index (χ1n) is 14.3. The summed E-state index contributed by atoms with van der Waals surface area (Å²) in [5, 5.41) is 6.73. The highest BCUT2D eigenvalue weighted by Gasteiger charge is 2.43. The molecule has 12 nitrogen and oxygen atoms in total. The Kier molecular flexibility index (Phi) is 9.87. The summed E-state index contributed by atoms with van der Waals surface area (Å²) in [6.45, 7) is 19.0. The number of nitrogens with zero attached hydrogens (tertiary/aromatic N) is 4. The summed E-state index contributed by atoms with van der Waals surface area (Å²) in [5.41, 5.74) is -1.43. The highest BCUT2D eigenvalue weighted by atomic mass is 32.2. The van der Waals surface area contributed by atoms with Crippen molar-refractivity contribution in [1.29, 1.82) is 0 Å². The van der Waals surface area contributed by atoms with E-state index in [2.05, 4.69) is 49.5 Å². The molecule has 0 radical (unpaired) electrons. The van der Waals surface area contributed by atoms with Crippen molar-refractivity contribution in [1.82, 2.24) is 24.2 Å². The second-order valence-corrected chi connectivity index (χ2v) is 20.7. The van der Waals surface area contributed by atoms with Gasteiger partial charge in [-0.15, -0.1) is 0 Å². The summed E-state index contributed by atoms with van der Waals surface area (Å²) in [6, 6.07) is 3.16. The third kappa shape index (κ3) is 8.98. The normalized spacial score (nSPS) is 17.6. The van der Waals surface area contributed by atoms with Gasteiger partial charge >= 0.3 is 6.09 Å². The second kappa shape index (κ2) is 12.2. The van der Waals surface area contributed by atoms with Crippen LogP contribution in [0.15, 0.2) is 23.1 Å². The van der Waals surface area contributed by atoms with E-state index >= 15 is 0 Å². The average Bonchev–Trinajstić information content (AvgIpc) is 2.82. The number of hydrogen-bond donors (Lipinski definition) is 2. The third-order valence-corrected chi connectivity index (χ3v) is 13.7. The van der Waals surface area contributed by atoms with Gasteiger partial charge < -0.3 is 19.8 Å². The maximum atomic E-state index is 13.3. The molecule has 0 spiro atoms. The van der Waals surface area contributed by atoms with Crippen LogP contribution < -0.4 is 16.2 Å². The first-order chi connectivity index (χ1) is 19.1. The van der Waals surface area contributed by atoms with Crippen LogP contribution in [0.4, 0.5) is 10.7 Å².